The highest BCUT2D eigenvalue weighted by Gasteiger charge is 2.20. The maximum atomic E-state index is 13.8. The average molecular weight is 336 g/mol. The molecule has 0 saturated heterocycles. The normalized spacial score (nSPS) is 13.4. The van der Waals surface area contributed by atoms with Gasteiger partial charge in [0.25, 0.3) is 0 Å². The van der Waals surface area contributed by atoms with Gasteiger partial charge in [-0.15, -0.1) is 0 Å². The molecule has 0 radical (unpaired) electrons. The molecule has 0 spiro atoms. The van der Waals surface area contributed by atoms with E-state index in [0.29, 0.717) is 5.56 Å². The Hall–Kier alpha value is -2.54. The van der Waals surface area contributed by atoms with E-state index in [9.17, 15) is 18.9 Å². The Morgan fingerprint density at radius 1 is 1.12 bits per heavy atom. The van der Waals surface area contributed by atoms with Crippen molar-refractivity contribution in [2.24, 2.45) is 0 Å². The molecule has 1 unspecified atom stereocenters. The Labute approximate surface area is 138 Å². The molecule has 0 aliphatic heterocycles. The third kappa shape index (κ3) is 3.86. The number of nitro groups is 1. The molecule has 2 aromatic rings. The minimum absolute atomic E-state index is 0.145. The number of nitro benzene ring substituents is 1. The summed E-state index contributed by atoms with van der Waals surface area (Å²) in [4.78, 5) is 10.6. The van der Waals surface area contributed by atoms with Crippen LogP contribution in [-0.2, 0) is 0 Å². The Balaban J connectivity index is 2.23. The van der Waals surface area contributed by atoms with Crippen molar-refractivity contribution in [3.63, 3.8) is 0 Å². The third-order valence-corrected chi connectivity index (χ3v) is 3.82. The van der Waals surface area contributed by atoms with E-state index in [1.165, 1.54) is 19.2 Å². The van der Waals surface area contributed by atoms with Crippen LogP contribution in [0.15, 0.2) is 36.4 Å². The molecule has 0 aliphatic rings. The van der Waals surface area contributed by atoms with E-state index in [1.54, 1.807) is 19.9 Å². The summed E-state index contributed by atoms with van der Waals surface area (Å²) in [5.74, 6) is -0.864. The highest BCUT2D eigenvalue weighted by molar-refractivity contribution is 5.49. The molecule has 7 heteroatoms. The summed E-state index contributed by atoms with van der Waals surface area (Å²) in [5, 5.41) is 14.2. The van der Waals surface area contributed by atoms with Crippen molar-refractivity contribution >= 4 is 5.69 Å². The number of nitrogens with one attached hydrogen (secondary N) is 1. The largest absolute Gasteiger partial charge is 0.490 e. The number of nitrogens with zero attached hydrogens (tertiary/aromatic N) is 1. The van der Waals surface area contributed by atoms with E-state index in [-0.39, 0.29) is 23.0 Å². The first kappa shape index (κ1) is 17.8. The van der Waals surface area contributed by atoms with Crippen molar-refractivity contribution in [2.45, 2.75) is 25.9 Å². The Morgan fingerprint density at radius 3 is 2.46 bits per heavy atom. The number of hydrogen-bond donors (Lipinski definition) is 1. The van der Waals surface area contributed by atoms with Crippen molar-refractivity contribution in [1.29, 1.82) is 0 Å². The molecule has 0 heterocycles. The second kappa shape index (κ2) is 7.35. The molecule has 0 amide bonds. The summed E-state index contributed by atoms with van der Waals surface area (Å²) in [6.07, 6.45) is 0. The predicted octanol–water partition coefficient (Wildman–Crippen LogP) is 4.29. The van der Waals surface area contributed by atoms with Gasteiger partial charge >= 0.3 is 5.69 Å². The predicted molar refractivity (Wildman–Crippen MR) is 86.0 cm³/mol. The molecule has 5 nitrogen and oxygen atoms in total. The van der Waals surface area contributed by atoms with E-state index < -0.39 is 22.6 Å². The van der Waals surface area contributed by atoms with Gasteiger partial charge in [0.05, 0.1) is 12.0 Å². The van der Waals surface area contributed by atoms with Crippen LogP contribution in [0, 0.1) is 21.7 Å². The highest BCUT2D eigenvalue weighted by atomic mass is 19.1. The Kier molecular flexibility index (Phi) is 5.46. The lowest BCUT2D eigenvalue weighted by Gasteiger charge is -2.21. The smallest absolute Gasteiger partial charge is 0.311 e. The number of ether oxygens (including phenoxy) is 1. The number of hydrogen-bond acceptors (Lipinski definition) is 4. The van der Waals surface area contributed by atoms with Crippen molar-refractivity contribution in [2.75, 3.05) is 7.11 Å². The first-order valence-corrected chi connectivity index (χ1v) is 7.36. The lowest BCUT2D eigenvalue weighted by atomic mass is 10.0. The van der Waals surface area contributed by atoms with Gasteiger partial charge in [-0.25, -0.2) is 8.78 Å². The molecule has 0 fully saturated rings. The second-order valence-electron chi connectivity index (χ2n) is 5.46. The van der Waals surface area contributed by atoms with Gasteiger partial charge in [0.15, 0.2) is 5.75 Å². The Bertz CT molecular complexity index is 753. The van der Waals surface area contributed by atoms with E-state index in [1.807, 2.05) is 0 Å². The summed E-state index contributed by atoms with van der Waals surface area (Å²) in [6, 6.07) is 7.09. The van der Waals surface area contributed by atoms with Gasteiger partial charge in [-0.05, 0) is 43.7 Å². The molecular weight excluding hydrogens is 318 g/mol. The average Bonchev–Trinajstić information content (AvgIpc) is 2.56. The fourth-order valence-corrected chi connectivity index (χ4v) is 2.53. The van der Waals surface area contributed by atoms with Gasteiger partial charge in [0.2, 0.25) is 0 Å². The van der Waals surface area contributed by atoms with Crippen molar-refractivity contribution in [3.8, 4) is 5.75 Å². The SMILES string of the molecule is COc1ccc([C@H](C)NC(C)c2cc(F)ccc2F)cc1[N+](=O)[O-]. The fourth-order valence-electron chi connectivity index (χ4n) is 2.53. The molecule has 1 N–H and O–H groups in total. The second-order valence-corrected chi connectivity index (χ2v) is 5.46. The van der Waals surface area contributed by atoms with Crippen LogP contribution in [0.5, 0.6) is 5.75 Å². The number of methoxy groups -OCH3 is 1. The van der Waals surface area contributed by atoms with Gasteiger partial charge in [0, 0.05) is 23.7 Å². The minimum Gasteiger partial charge on any atom is -0.490 e. The van der Waals surface area contributed by atoms with E-state index >= 15 is 0 Å². The third-order valence-electron chi connectivity index (χ3n) is 3.82. The first-order chi connectivity index (χ1) is 11.3. The van der Waals surface area contributed by atoms with Crippen LogP contribution in [0.25, 0.3) is 0 Å². The zero-order valence-corrected chi connectivity index (χ0v) is 13.5. The topological polar surface area (TPSA) is 64.4 Å². The molecule has 128 valence electrons. The first-order valence-electron chi connectivity index (χ1n) is 7.36. The molecule has 0 saturated carbocycles. The summed E-state index contributed by atoms with van der Waals surface area (Å²) < 4.78 is 32.1. The highest BCUT2D eigenvalue weighted by Crippen LogP contribution is 2.31. The monoisotopic (exact) mass is 336 g/mol. The zero-order chi connectivity index (χ0) is 17.9. The van der Waals surface area contributed by atoms with Crippen molar-refractivity contribution in [3.05, 3.63) is 69.3 Å². The van der Waals surface area contributed by atoms with Gasteiger partial charge < -0.3 is 10.1 Å². The van der Waals surface area contributed by atoms with Crippen LogP contribution in [-0.4, -0.2) is 12.0 Å². The maximum absolute atomic E-state index is 13.8. The van der Waals surface area contributed by atoms with Crippen molar-refractivity contribution < 1.29 is 18.4 Å². The van der Waals surface area contributed by atoms with Crippen LogP contribution in [0.3, 0.4) is 0 Å². The van der Waals surface area contributed by atoms with Crippen LogP contribution >= 0.6 is 0 Å². The standard InChI is InChI=1S/C17H18F2N2O3/c1-10(12-4-7-17(24-3)16(8-12)21(22)23)20-11(2)14-9-13(18)5-6-15(14)19/h4-11,20H,1-3H3/t10-,11?/m0/s1. The lowest BCUT2D eigenvalue weighted by Crippen LogP contribution is -2.23. The molecule has 24 heavy (non-hydrogen) atoms. The minimum atomic E-state index is -0.523. The zero-order valence-electron chi connectivity index (χ0n) is 13.5. The van der Waals surface area contributed by atoms with E-state index in [2.05, 4.69) is 5.32 Å². The van der Waals surface area contributed by atoms with E-state index in [4.69, 9.17) is 4.74 Å². The lowest BCUT2D eigenvalue weighted by molar-refractivity contribution is -0.385. The fraction of sp³-hybridized carbons (Fsp3) is 0.294. The van der Waals surface area contributed by atoms with Gasteiger partial charge in [0.1, 0.15) is 11.6 Å². The number of halogens is 2. The molecule has 2 rings (SSSR count). The van der Waals surface area contributed by atoms with Crippen LogP contribution in [0.4, 0.5) is 14.5 Å². The van der Waals surface area contributed by atoms with Gasteiger partial charge in [-0.2, -0.15) is 0 Å². The van der Waals surface area contributed by atoms with Crippen LogP contribution in [0.2, 0.25) is 0 Å². The molecule has 0 bridgehead atoms. The Morgan fingerprint density at radius 2 is 1.83 bits per heavy atom. The van der Waals surface area contributed by atoms with Crippen LogP contribution < -0.4 is 10.1 Å². The summed E-state index contributed by atoms with van der Waals surface area (Å²) in [7, 11) is 1.36. The summed E-state index contributed by atoms with van der Waals surface area (Å²) in [5.41, 5.74) is 0.698. The molecule has 2 aromatic carbocycles. The number of rotatable bonds is 6. The summed E-state index contributed by atoms with van der Waals surface area (Å²) in [6.45, 7) is 3.49. The van der Waals surface area contributed by atoms with Crippen molar-refractivity contribution in [1.82, 2.24) is 5.32 Å². The van der Waals surface area contributed by atoms with Crippen LogP contribution in [0.1, 0.15) is 37.1 Å². The van der Waals surface area contributed by atoms with Gasteiger partial charge in [-0.1, -0.05) is 6.07 Å². The quantitative estimate of drug-likeness (QED) is 0.631. The number of benzene rings is 2. The molecular formula is C17H18F2N2O3. The maximum Gasteiger partial charge on any atom is 0.311 e. The van der Waals surface area contributed by atoms with E-state index in [0.717, 1.165) is 18.2 Å². The summed E-state index contributed by atoms with van der Waals surface area (Å²) >= 11 is 0. The molecule has 2 atom stereocenters. The molecule has 0 aromatic heterocycles. The van der Waals surface area contributed by atoms with Gasteiger partial charge in [-0.3, -0.25) is 10.1 Å². The molecule has 0 aliphatic carbocycles.